The molecule has 4 aromatic rings. The molecule has 31 heavy (non-hydrogen) atoms. The van der Waals surface area contributed by atoms with E-state index in [0.717, 1.165) is 22.9 Å². The number of H-pyrrole nitrogens is 1. The van der Waals surface area contributed by atoms with Crippen molar-refractivity contribution in [2.75, 3.05) is 20.2 Å². The average Bonchev–Trinajstić information content (AvgIpc) is 3.49. The highest BCUT2D eigenvalue weighted by Crippen LogP contribution is 2.29. The fourth-order valence-corrected chi connectivity index (χ4v) is 3.89. The molecule has 2 aromatic heterocycles. The van der Waals surface area contributed by atoms with Gasteiger partial charge >= 0.3 is 0 Å². The normalized spacial score (nSPS) is 15.9. The molecule has 0 saturated carbocycles. The lowest BCUT2D eigenvalue weighted by atomic mass is 10.1. The first kappa shape index (κ1) is 19.1. The predicted molar refractivity (Wildman–Crippen MR) is 117 cm³/mol. The Morgan fingerprint density at radius 3 is 2.84 bits per heavy atom. The van der Waals surface area contributed by atoms with Gasteiger partial charge in [-0.2, -0.15) is 5.10 Å². The number of nitrogens with zero attached hydrogens (tertiary/aromatic N) is 3. The third-order valence-electron chi connectivity index (χ3n) is 5.48. The molecule has 0 radical (unpaired) electrons. The van der Waals surface area contributed by atoms with E-state index in [0.29, 0.717) is 36.1 Å². The Labute approximate surface area is 179 Å². The molecule has 156 valence electrons. The summed E-state index contributed by atoms with van der Waals surface area (Å²) in [4.78, 5) is 19.3. The number of carbonyl (C=O) groups excluding carboxylic acids is 1. The fourth-order valence-electron chi connectivity index (χ4n) is 3.89. The SMILES string of the molecule is COc1ccccc1-c1cc(C(=O)N2CCC(Oc3ccc4ccccc4n3)C2)[nH]n1. The zero-order chi connectivity index (χ0) is 21.2. The van der Waals surface area contributed by atoms with Crippen molar-refractivity contribution in [2.45, 2.75) is 12.5 Å². The zero-order valence-corrected chi connectivity index (χ0v) is 17.1. The molecule has 0 bridgehead atoms. The van der Waals surface area contributed by atoms with Gasteiger partial charge in [0.1, 0.15) is 17.5 Å². The van der Waals surface area contributed by atoms with Crippen LogP contribution in [0.1, 0.15) is 16.9 Å². The molecular weight excluding hydrogens is 392 g/mol. The van der Waals surface area contributed by atoms with Gasteiger partial charge in [0.15, 0.2) is 0 Å². The molecule has 0 spiro atoms. The molecule has 7 heteroatoms. The summed E-state index contributed by atoms with van der Waals surface area (Å²) >= 11 is 0. The number of rotatable bonds is 5. The van der Waals surface area contributed by atoms with E-state index in [1.165, 1.54) is 0 Å². The van der Waals surface area contributed by atoms with E-state index in [2.05, 4.69) is 15.2 Å². The largest absolute Gasteiger partial charge is 0.496 e. The third kappa shape index (κ3) is 3.82. The summed E-state index contributed by atoms with van der Waals surface area (Å²) in [5.41, 5.74) is 2.86. The van der Waals surface area contributed by atoms with Crippen molar-refractivity contribution in [3.05, 3.63) is 72.4 Å². The number of benzene rings is 2. The van der Waals surface area contributed by atoms with E-state index >= 15 is 0 Å². The molecule has 1 aliphatic heterocycles. The fraction of sp³-hybridized carbons (Fsp3) is 0.208. The van der Waals surface area contributed by atoms with Crippen LogP contribution in [0.3, 0.4) is 0 Å². The number of aromatic nitrogens is 3. The van der Waals surface area contributed by atoms with Crippen molar-refractivity contribution in [2.24, 2.45) is 0 Å². The lowest BCUT2D eigenvalue weighted by Crippen LogP contribution is -2.31. The zero-order valence-electron chi connectivity index (χ0n) is 17.1. The van der Waals surface area contributed by atoms with Crippen LogP contribution >= 0.6 is 0 Å². The van der Waals surface area contributed by atoms with Gasteiger partial charge in [-0.05, 0) is 30.3 Å². The lowest BCUT2D eigenvalue weighted by molar-refractivity contribution is 0.0765. The molecule has 7 nitrogen and oxygen atoms in total. The molecule has 5 rings (SSSR count). The minimum Gasteiger partial charge on any atom is -0.496 e. The van der Waals surface area contributed by atoms with Crippen molar-refractivity contribution in [1.82, 2.24) is 20.1 Å². The number of pyridine rings is 1. The summed E-state index contributed by atoms with van der Waals surface area (Å²) in [6, 6.07) is 21.2. The van der Waals surface area contributed by atoms with E-state index in [1.54, 1.807) is 18.1 Å². The maximum absolute atomic E-state index is 13.0. The monoisotopic (exact) mass is 414 g/mol. The van der Waals surface area contributed by atoms with E-state index in [1.807, 2.05) is 60.7 Å². The highest BCUT2D eigenvalue weighted by molar-refractivity contribution is 5.93. The van der Waals surface area contributed by atoms with Crippen molar-refractivity contribution in [3.8, 4) is 22.9 Å². The molecule has 1 unspecified atom stereocenters. The van der Waals surface area contributed by atoms with Crippen LogP contribution in [0.5, 0.6) is 11.6 Å². The second-order valence-electron chi connectivity index (χ2n) is 7.49. The summed E-state index contributed by atoms with van der Waals surface area (Å²) in [5.74, 6) is 1.20. The van der Waals surface area contributed by atoms with Gasteiger partial charge in [-0.3, -0.25) is 9.89 Å². The first-order valence-electron chi connectivity index (χ1n) is 10.2. The second-order valence-corrected chi connectivity index (χ2v) is 7.49. The number of likely N-dealkylation sites (tertiary alicyclic amines) is 1. The topological polar surface area (TPSA) is 80.3 Å². The number of methoxy groups -OCH3 is 1. The molecule has 1 atom stereocenters. The highest BCUT2D eigenvalue weighted by Gasteiger charge is 2.29. The average molecular weight is 414 g/mol. The number of hydrogen-bond acceptors (Lipinski definition) is 5. The molecule has 1 aliphatic rings. The van der Waals surface area contributed by atoms with Crippen molar-refractivity contribution < 1.29 is 14.3 Å². The van der Waals surface area contributed by atoms with Crippen LogP contribution in [-0.4, -0.2) is 52.3 Å². The summed E-state index contributed by atoms with van der Waals surface area (Å²) in [6.45, 7) is 1.14. The van der Waals surface area contributed by atoms with Crippen LogP contribution in [0.4, 0.5) is 0 Å². The second kappa shape index (κ2) is 8.10. The van der Waals surface area contributed by atoms with Crippen molar-refractivity contribution >= 4 is 16.8 Å². The molecule has 1 fully saturated rings. The minimum atomic E-state index is -0.0915. The van der Waals surface area contributed by atoms with Gasteiger partial charge in [-0.15, -0.1) is 0 Å². The van der Waals surface area contributed by atoms with E-state index in [4.69, 9.17) is 9.47 Å². The molecular formula is C24H22N4O3. The molecule has 2 aromatic carbocycles. The maximum atomic E-state index is 13.0. The van der Waals surface area contributed by atoms with Crippen LogP contribution in [0, 0.1) is 0 Å². The third-order valence-corrected chi connectivity index (χ3v) is 5.48. The van der Waals surface area contributed by atoms with Gasteiger partial charge in [-0.25, -0.2) is 4.98 Å². The Bertz CT molecular complexity index is 1240. The molecule has 1 N–H and O–H groups in total. The van der Waals surface area contributed by atoms with Gasteiger partial charge in [-0.1, -0.05) is 30.3 Å². The Morgan fingerprint density at radius 1 is 1.10 bits per heavy atom. The number of nitrogens with one attached hydrogen (secondary N) is 1. The number of amides is 1. The Morgan fingerprint density at radius 2 is 1.94 bits per heavy atom. The van der Waals surface area contributed by atoms with Crippen molar-refractivity contribution in [3.63, 3.8) is 0 Å². The lowest BCUT2D eigenvalue weighted by Gasteiger charge is -2.16. The molecule has 1 saturated heterocycles. The number of carbonyl (C=O) groups is 1. The Kier molecular flexibility index (Phi) is 5.00. The first-order valence-corrected chi connectivity index (χ1v) is 10.2. The summed E-state index contributed by atoms with van der Waals surface area (Å²) in [5, 5.41) is 8.25. The quantitative estimate of drug-likeness (QED) is 0.535. The standard InChI is InChI=1S/C24H22N4O3/c1-30-22-9-5-3-7-18(22)20-14-21(27-26-20)24(29)28-13-12-17(15-28)31-23-11-10-16-6-2-4-8-19(16)25-23/h2-11,14,17H,12-13,15H2,1H3,(H,26,27). The Balaban J connectivity index is 1.26. The van der Waals surface area contributed by atoms with Gasteiger partial charge in [0.2, 0.25) is 5.88 Å². The number of ether oxygens (including phenoxy) is 2. The van der Waals surface area contributed by atoms with Gasteiger partial charge in [0.05, 0.1) is 24.9 Å². The summed E-state index contributed by atoms with van der Waals surface area (Å²) in [6.07, 6.45) is 0.669. The van der Waals surface area contributed by atoms with Crippen LogP contribution in [-0.2, 0) is 0 Å². The van der Waals surface area contributed by atoms with Crippen molar-refractivity contribution in [1.29, 1.82) is 0 Å². The van der Waals surface area contributed by atoms with Crippen LogP contribution in [0.2, 0.25) is 0 Å². The number of para-hydroxylation sites is 2. The van der Waals surface area contributed by atoms with Gasteiger partial charge in [0, 0.05) is 30.0 Å². The van der Waals surface area contributed by atoms with Gasteiger partial charge < -0.3 is 14.4 Å². The smallest absolute Gasteiger partial charge is 0.272 e. The Hall–Kier alpha value is -3.87. The van der Waals surface area contributed by atoms with E-state index in [9.17, 15) is 4.79 Å². The van der Waals surface area contributed by atoms with E-state index in [-0.39, 0.29) is 12.0 Å². The van der Waals surface area contributed by atoms with Crippen LogP contribution in [0.25, 0.3) is 22.2 Å². The van der Waals surface area contributed by atoms with E-state index < -0.39 is 0 Å². The molecule has 0 aliphatic carbocycles. The number of aromatic amines is 1. The highest BCUT2D eigenvalue weighted by atomic mass is 16.5. The maximum Gasteiger partial charge on any atom is 0.272 e. The summed E-state index contributed by atoms with van der Waals surface area (Å²) in [7, 11) is 1.62. The minimum absolute atomic E-state index is 0.0887. The molecule has 1 amide bonds. The van der Waals surface area contributed by atoms with Crippen LogP contribution < -0.4 is 9.47 Å². The van der Waals surface area contributed by atoms with Crippen LogP contribution in [0.15, 0.2) is 66.7 Å². The van der Waals surface area contributed by atoms with Gasteiger partial charge in [0.25, 0.3) is 5.91 Å². The predicted octanol–water partition coefficient (Wildman–Crippen LogP) is 3.93. The summed E-state index contributed by atoms with van der Waals surface area (Å²) < 4.78 is 11.5. The number of fused-ring (bicyclic) bond motifs is 1. The first-order chi connectivity index (χ1) is 15.2. The molecule has 3 heterocycles. The number of hydrogen-bond donors (Lipinski definition) is 1.